The van der Waals surface area contributed by atoms with Crippen LogP contribution in [-0.4, -0.2) is 61.4 Å². The number of hydrogen-bond acceptors (Lipinski definition) is 5. The van der Waals surface area contributed by atoms with Gasteiger partial charge < -0.3 is 9.47 Å². The maximum atomic E-state index is 12.4. The van der Waals surface area contributed by atoms with Crippen LogP contribution in [0.25, 0.3) is 0 Å². The van der Waals surface area contributed by atoms with Gasteiger partial charge in [-0.3, -0.25) is 15.0 Å². The fraction of sp³-hybridized carbons (Fsp3) is 0.938. The van der Waals surface area contributed by atoms with Gasteiger partial charge in [0.25, 0.3) is 0 Å². The van der Waals surface area contributed by atoms with Gasteiger partial charge in [0.05, 0.1) is 12.7 Å². The number of ether oxygens (including phenoxy) is 2. The average molecular weight is 298 g/mol. The van der Waals surface area contributed by atoms with Gasteiger partial charge in [-0.15, -0.1) is 0 Å². The Hall–Kier alpha value is -0.650. The summed E-state index contributed by atoms with van der Waals surface area (Å²) < 4.78 is 11.0. The first-order valence-corrected chi connectivity index (χ1v) is 8.36. The van der Waals surface area contributed by atoms with Crippen LogP contribution in [-0.2, 0) is 14.3 Å². The number of hydrogen-bond donors (Lipinski definition) is 1. The van der Waals surface area contributed by atoms with E-state index < -0.39 is 5.54 Å². The number of piperidine rings is 1. The third-order valence-corrected chi connectivity index (χ3v) is 4.23. The van der Waals surface area contributed by atoms with E-state index in [1.165, 1.54) is 0 Å². The lowest BCUT2D eigenvalue weighted by molar-refractivity contribution is -0.152. The van der Waals surface area contributed by atoms with Gasteiger partial charge in [0, 0.05) is 25.7 Å². The quantitative estimate of drug-likeness (QED) is 0.689. The molecule has 1 aliphatic carbocycles. The monoisotopic (exact) mass is 298 g/mol. The van der Waals surface area contributed by atoms with Crippen LogP contribution < -0.4 is 5.32 Å². The van der Waals surface area contributed by atoms with E-state index in [1.54, 1.807) is 0 Å². The minimum Gasteiger partial charge on any atom is -0.465 e. The first-order valence-electron chi connectivity index (χ1n) is 8.36. The zero-order valence-electron chi connectivity index (χ0n) is 13.7. The molecular weight excluding hydrogens is 268 g/mol. The molecule has 0 aromatic carbocycles. The van der Waals surface area contributed by atoms with Crippen molar-refractivity contribution in [3.8, 4) is 0 Å². The maximum absolute atomic E-state index is 12.4. The number of carbonyl (C=O) groups is 1. The summed E-state index contributed by atoms with van der Waals surface area (Å²) in [5.41, 5.74) is -0.606. The van der Waals surface area contributed by atoms with Gasteiger partial charge in [-0.05, 0) is 53.0 Å². The van der Waals surface area contributed by atoms with E-state index in [-0.39, 0.29) is 5.97 Å². The topological polar surface area (TPSA) is 50.8 Å². The average Bonchev–Trinajstić information content (AvgIpc) is 3.23. The van der Waals surface area contributed by atoms with Crippen molar-refractivity contribution < 1.29 is 14.3 Å². The Morgan fingerprint density at radius 3 is 2.67 bits per heavy atom. The molecule has 1 heterocycles. The Bertz CT molecular complexity index is 344. The van der Waals surface area contributed by atoms with Gasteiger partial charge in [0.1, 0.15) is 5.54 Å². The highest BCUT2D eigenvalue weighted by atomic mass is 16.5. The highest BCUT2D eigenvalue weighted by Gasteiger charge is 2.41. The molecule has 2 rings (SSSR count). The molecule has 0 bridgehead atoms. The largest absolute Gasteiger partial charge is 0.465 e. The van der Waals surface area contributed by atoms with Crippen LogP contribution in [0.1, 0.15) is 46.5 Å². The molecule has 1 N–H and O–H groups in total. The summed E-state index contributed by atoms with van der Waals surface area (Å²) in [5, 5.41) is 3.49. The third kappa shape index (κ3) is 4.94. The molecular formula is C16H30N2O3. The first-order chi connectivity index (χ1) is 10.1. The molecule has 21 heavy (non-hydrogen) atoms. The predicted molar refractivity (Wildman–Crippen MR) is 82.3 cm³/mol. The van der Waals surface area contributed by atoms with Crippen molar-refractivity contribution in [1.29, 1.82) is 0 Å². The van der Waals surface area contributed by atoms with Gasteiger partial charge >= 0.3 is 5.97 Å². The van der Waals surface area contributed by atoms with Gasteiger partial charge in [-0.25, -0.2) is 0 Å². The molecule has 1 saturated heterocycles. The van der Waals surface area contributed by atoms with E-state index in [0.29, 0.717) is 25.3 Å². The minimum atomic E-state index is -0.606. The lowest BCUT2D eigenvalue weighted by Crippen LogP contribution is -2.59. The number of nitrogens with zero attached hydrogens (tertiary/aromatic N) is 1. The Kier molecular flexibility index (Phi) is 6.02. The summed E-state index contributed by atoms with van der Waals surface area (Å²) >= 11 is 0. The van der Waals surface area contributed by atoms with Crippen molar-refractivity contribution in [2.24, 2.45) is 0 Å². The van der Waals surface area contributed by atoms with Crippen molar-refractivity contribution in [3.05, 3.63) is 0 Å². The minimum absolute atomic E-state index is 0.129. The van der Waals surface area contributed by atoms with Crippen LogP contribution >= 0.6 is 0 Å². The second kappa shape index (κ2) is 7.56. The highest BCUT2D eigenvalue weighted by molar-refractivity contribution is 5.80. The number of rotatable bonds is 8. The van der Waals surface area contributed by atoms with E-state index in [1.807, 2.05) is 20.8 Å². The second-order valence-corrected chi connectivity index (χ2v) is 6.43. The molecule has 5 nitrogen and oxygen atoms in total. The normalized spacial score (nSPS) is 26.3. The summed E-state index contributed by atoms with van der Waals surface area (Å²) in [4.78, 5) is 14.7. The number of esters is 1. The van der Waals surface area contributed by atoms with Crippen LogP contribution in [0.3, 0.4) is 0 Å². The van der Waals surface area contributed by atoms with Crippen molar-refractivity contribution in [2.45, 2.75) is 64.1 Å². The molecule has 5 heteroatoms. The molecule has 2 fully saturated rings. The Balaban J connectivity index is 1.94. The van der Waals surface area contributed by atoms with Crippen LogP contribution in [0.4, 0.5) is 0 Å². The Labute approximate surface area is 128 Å². The second-order valence-electron chi connectivity index (χ2n) is 6.43. The molecule has 0 radical (unpaired) electrons. The van der Waals surface area contributed by atoms with Crippen LogP contribution in [0.15, 0.2) is 0 Å². The summed E-state index contributed by atoms with van der Waals surface area (Å²) in [7, 11) is 0. The third-order valence-electron chi connectivity index (χ3n) is 4.23. The molecule has 122 valence electrons. The van der Waals surface area contributed by atoms with Gasteiger partial charge in [-0.1, -0.05) is 0 Å². The van der Waals surface area contributed by atoms with Gasteiger partial charge in [0.15, 0.2) is 0 Å². The SMILES string of the molecule is CCOC(=O)C(C)(CN1CCCC(OCC)C1)NC1CC1. The summed E-state index contributed by atoms with van der Waals surface area (Å²) in [6.45, 7) is 9.72. The number of carbonyl (C=O) groups excluding carboxylic acids is 1. The molecule has 0 spiro atoms. The highest BCUT2D eigenvalue weighted by Crippen LogP contribution is 2.25. The summed E-state index contributed by atoms with van der Waals surface area (Å²) in [6.07, 6.45) is 4.88. The molecule has 1 saturated carbocycles. The van der Waals surface area contributed by atoms with Crippen molar-refractivity contribution in [2.75, 3.05) is 32.8 Å². The van der Waals surface area contributed by atoms with Crippen LogP contribution in [0.5, 0.6) is 0 Å². The molecule has 2 unspecified atom stereocenters. The zero-order valence-corrected chi connectivity index (χ0v) is 13.7. The van der Waals surface area contributed by atoms with E-state index in [4.69, 9.17) is 9.47 Å². The zero-order chi connectivity index (χ0) is 15.3. The predicted octanol–water partition coefficient (Wildman–Crippen LogP) is 1.56. The first kappa shape index (κ1) is 16.7. The standard InChI is InChI=1S/C16H30N2O3/c1-4-20-14-7-6-10-18(11-14)12-16(3,15(19)21-5-2)17-13-8-9-13/h13-14,17H,4-12H2,1-3H3. The number of likely N-dealkylation sites (tertiary alicyclic amines) is 1. The van der Waals surface area contributed by atoms with E-state index in [2.05, 4.69) is 10.2 Å². The van der Waals surface area contributed by atoms with Crippen molar-refractivity contribution >= 4 is 5.97 Å². The fourth-order valence-electron chi connectivity index (χ4n) is 3.11. The fourth-order valence-corrected chi connectivity index (χ4v) is 3.11. The van der Waals surface area contributed by atoms with Gasteiger partial charge in [0.2, 0.25) is 0 Å². The maximum Gasteiger partial charge on any atom is 0.327 e. The molecule has 0 aromatic rings. The van der Waals surface area contributed by atoms with Crippen molar-refractivity contribution in [3.63, 3.8) is 0 Å². The molecule has 2 atom stereocenters. The van der Waals surface area contributed by atoms with E-state index in [0.717, 1.165) is 45.4 Å². The molecule has 0 aromatic heterocycles. The van der Waals surface area contributed by atoms with E-state index >= 15 is 0 Å². The van der Waals surface area contributed by atoms with Gasteiger partial charge in [-0.2, -0.15) is 0 Å². The van der Waals surface area contributed by atoms with Crippen LogP contribution in [0, 0.1) is 0 Å². The van der Waals surface area contributed by atoms with E-state index in [9.17, 15) is 4.79 Å². The molecule has 1 aliphatic heterocycles. The Morgan fingerprint density at radius 2 is 2.05 bits per heavy atom. The lowest BCUT2D eigenvalue weighted by Gasteiger charge is -2.38. The molecule has 0 amide bonds. The number of nitrogens with one attached hydrogen (secondary N) is 1. The molecule has 2 aliphatic rings. The summed E-state index contributed by atoms with van der Waals surface area (Å²) in [6, 6.07) is 0.479. The smallest absolute Gasteiger partial charge is 0.327 e. The van der Waals surface area contributed by atoms with Crippen molar-refractivity contribution in [1.82, 2.24) is 10.2 Å². The van der Waals surface area contributed by atoms with Crippen LogP contribution in [0.2, 0.25) is 0 Å². The summed E-state index contributed by atoms with van der Waals surface area (Å²) in [5.74, 6) is -0.129. The lowest BCUT2D eigenvalue weighted by atomic mass is 9.99. The Morgan fingerprint density at radius 1 is 1.29 bits per heavy atom.